The number of halogens is 1. The van der Waals surface area contributed by atoms with Crippen LogP contribution < -0.4 is 0 Å². The van der Waals surface area contributed by atoms with E-state index in [1.807, 2.05) is 23.7 Å². The van der Waals surface area contributed by atoms with Crippen molar-refractivity contribution in [2.45, 2.75) is 64.2 Å². The van der Waals surface area contributed by atoms with Crippen LogP contribution in [0.15, 0.2) is 48.5 Å². The number of aliphatic carboxylic acids is 3. The highest BCUT2D eigenvalue weighted by Gasteiger charge is 2.40. The van der Waals surface area contributed by atoms with Gasteiger partial charge in [0.2, 0.25) is 0 Å². The normalized spacial score (nSPS) is 15.0. The van der Waals surface area contributed by atoms with E-state index >= 15 is 0 Å². The molecule has 5 N–H and O–H groups in total. The Morgan fingerprint density at radius 2 is 1.43 bits per heavy atom. The standard InChI is InChI=1S/C24H28FN3O.C6H8O7/c1-17-4-6-20(7-5-17)24(29)12-14-27(15-13-24)16-23-18(2)26-28(19(23)3)22-10-8-21(25)9-11-22;7-3(8)1-6(13,5(11)12)2-4(9)10/h4-11,29H,12-16H2,1-3H3;13H,1-2H2,(H,7,8)(H,9,10)(H,11,12). The highest BCUT2D eigenvalue weighted by atomic mass is 19.1. The summed E-state index contributed by atoms with van der Waals surface area (Å²) in [5.41, 5.74) is 2.88. The summed E-state index contributed by atoms with van der Waals surface area (Å²) in [4.78, 5) is 32.9. The van der Waals surface area contributed by atoms with Crippen LogP contribution in [0.1, 0.15) is 53.8 Å². The molecule has 0 atom stereocenters. The van der Waals surface area contributed by atoms with E-state index in [1.165, 1.54) is 23.3 Å². The van der Waals surface area contributed by atoms with Crippen molar-refractivity contribution in [3.8, 4) is 5.69 Å². The summed E-state index contributed by atoms with van der Waals surface area (Å²) in [6.45, 7) is 8.63. The Bertz CT molecular complexity index is 1400. The fraction of sp³-hybridized carbons (Fsp3) is 0.400. The van der Waals surface area contributed by atoms with Crippen molar-refractivity contribution in [2.24, 2.45) is 0 Å². The molecular formula is C30H36FN3O8. The highest BCUT2D eigenvalue weighted by Crippen LogP contribution is 2.34. The molecule has 1 aromatic heterocycles. The Morgan fingerprint density at radius 1 is 0.905 bits per heavy atom. The van der Waals surface area contributed by atoms with Gasteiger partial charge in [0, 0.05) is 30.9 Å². The number of hydrogen-bond donors (Lipinski definition) is 5. The number of piperidine rings is 1. The van der Waals surface area contributed by atoms with E-state index in [-0.39, 0.29) is 5.82 Å². The van der Waals surface area contributed by atoms with Crippen molar-refractivity contribution in [3.63, 3.8) is 0 Å². The number of carboxylic acids is 3. The van der Waals surface area contributed by atoms with Gasteiger partial charge in [-0.3, -0.25) is 14.5 Å². The van der Waals surface area contributed by atoms with Crippen molar-refractivity contribution in [1.29, 1.82) is 0 Å². The minimum absolute atomic E-state index is 0.245. The molecule has 0 saturated carbocycles. The summed E-state index contributed by atoms with van der Waals surface area (Å²) in [6, 6.07) is 14.6. The van der Waals surface area contributed by atoms with Gasteiger partial charge in [0.15, 0.2) is 5.60 Å². The zero-order chi connectivity index (χ0) is 31.2. The lowest BCUT2D eigenvalue weighted by atomic mass is 9.84. The van der Waals surface area contributed by atoms with Gasteiger partial charge >= 0.3 is 17.9 Å². The van der Waals surface area contributed by atoms with Crippen molar-refractivity contribution in [1.82, 2.24) is 14.7 Å². The first kappa shape index (κ1) is 32.4. The quantitative estimate of drug-likeness (QED) is 0.251. The van der Waals surface area contributed by atoms with Crippen LogP contribution in [0, 0.1) is 26.6 Å². The number of aryl methyl sites for hydroxylation is 2. The molecule has 0 unspecified atom stereocenters. The smallest absolute Gasteiger partial charge is 0.336 e. The minimum atomic E-state index is -2.74. The Balaban J connectivity index is 0.000000316. The van der Waals surface area contributed by atoms with Crippen LogP contribution in [-0.2, 0) is 26.5 Å². The van der Waals surface area contributed by atoms with Gasteiger partial charge in [-0.1, -0.05) is 29.8 Å². The molecule has 1 fully saturated rings. The molecule has 42 heavy (non-hydrogen) atoms. The van der Waals surface area contributed by atoms with E-state index in [4.69, 9.17) is 20.4 Å². The van der Waals surface area contributed by atoms with Gasteiger partial charge in [-0.15, -0.1) is 0 Å². The number of rotatable bonds is 9. The van der Waals surface area contributed by atoms with Gasteiger partial charge in [-0.05, 0) is 63.4 Å². The summed E-state index contributed by atoms with van der Waals surface area (Å²) >= 11 is 0. The highest BCUT2D eigenvalue weighted by molar-refractivity contribution is 5.88. The first-order valence-corrected chi connectivity index (χ1v) is 13.4. The Labute approximate surface area is 242 Å². The molecule has 1 aliphatic heterocycles. The average Bonchev–Trinajstić information content (AvgIpc) is 3.18. The van der Waals surface area contributed by atoms with E-state index in [1.54, 1.807) is 12.1 Å². The number of carbonyl (C=O) groups is 3. The Morgan fingerprint density at radius 3 is 1.90 bits per heavy atom. The fourth-order valence-electron chi connectivity index (χ4n) is 4.91. The Kier molecular flexibility index (Phi) is 10.2. The third-order valence-electron chi connectivity index (χ3n) is 7.45. The van der Waals surface area contributed by atoms with Crippen molar-refractivity contribution in [2.75, 3.05) is 13.1 Å². The second kappa shape index (κ2) is 13.2. The van der Waals surface area contributed by atoms with Crippen molar-refractivity contribution >= 4 is 17.9 Å². The molecule has 1 aliphatic rings. The molecule has 11 nitrogen and oxygen atoms in total. The summed E-state index contributed by atoms with van der Waals surface area (Å²) in [5, 5.41) is 49.6. The SMILES string of the molecule is Cc1ccc(C2(O)CCN(Cc3c(C)nn(-c4ccc(F)cc4)c3C)CC2)cc1.O=C(O)CC(O)(CC(=O)O)C(=O)O. The number of benzene rings is 2. The van der Waals surface area contributed by atoms with Gasteiger partial charge in [-0.2, -0.15) is 5.10 Å². The maximum atomic E-state index is 13.2. The van der Waals surface area contributed by atoms with E-state index in [2.05, 4.69) is 36.0 Å². The first-order chi connectivity index (χ1) is 19.6. The molecule has 2 aromatic carbocycles. The number of likely N-dealkylation sites (tertiary alicyclic amines) is 1. The molecule has 1 saturated heterocycles. The molecule has 0 amide bonds. The third-order valence-corrected chi connectivity index (χ3v) is 7.45. The fourth-order valence-corrected chi connectivity index (χ4v) is 4.91. The van der Waals surface area contributed by atoms with Gasteiger partial charge in [-0.25, -0.2) is 13.9 Å². The van der Waals surface area contributed by atoms with Crippen LogP contribution in [0.3, 0.4) is 0 Å². The molecule has 0 spiro atoms. The summed E-state index contributed by atoms with van der Waals surface area (Å²) in [7, 11) is 0. The van der Waals surface area contributed by atoms with E-state index in [9.17, 15) is 23.9 Å². The van der Waals surface area contributed by atoms with Gasteiger partial charge < -0.3 is 25.5 Å². The monoisotopic (exact) mass is 585 g/mol. The number of aliphatic hydroxyl groups is 2. The van der Waals surface area contributed by atoms with Crippen molar-refractivity contribution in [3.05, 3.63) is 82.4 Å². The van der Waals surface area contributed by atoms with E-state index in [0.29, 0.717) is 0 Å². The molecule has 226 valence electrons. The Hall–Kier alpha value is -4.13. The molecule has 2 heterocycles. The van der Waals surface area contributed by atoms with Crippen LogP contribution in [0.5, 0.6) is 0 Å². The second-order valence-corrected chi connectivity index (χ2v) is 10.7. The molecule has 0 bridgehead atoms. The van der Waals surface area contributed by atoms with Crippen LogP contribution in [-0.4, -0.2) is 76.8 Å². The topological polar surface area (TPSA) is 173 Å². The molecule has 3 aromatic rings. The third kappa shape index (κ3) is 7.99. The number of hydrogen-bond acceptors (Lipinski definition) is 7. The number of carboxylic acid groups (broad SMARTS) is 3. The van der Waals surface area contributed by atoms with Crippen LogP contribution in [0.25, 0.3) is 5.69 Å². The zero-order valence-electron chi connectivity index (χ0n) is 23.7. The van der Waals surface area contributed by atoms with E-state index in [0.717, 1.165) is 55.1 Å². The lowest BCUT2D eigenvalue weighted by Crippen LogP contribution is -2.42. The molecule has 4 rings (SSSR count). The lowest BCUT2D eigenvalue weighted by molar-refractivity contribution is -0.170. The summed E-state index contributed by atoms with van der Waals surface area (Å²) in [5.74, 6) is -5.26. The number of aromatic nitrogens is 2. The van der Waals surface area contributed by atoms with Crippen LogP contribution in [0.2, 0.25) is 0 Å². The predicted octanol–water partition coefficient (Wildman–Crippen LogP) is 3.17. The minimum Gasteiger partial charge on any atom is -0.481 e. The van der Waals surface area contributed by atoms with Crippen LogP contribution in [0.4, 0.5) is 4.39 Å². The molecule has 12 heteroatoms. The largest absolute Gasteiger partial charge is 0.481 e. The average molecular weight is 586 g/mol. The van der Waals surface area contributed by atoms with Gasteiger partial charge in [0.25, 0.3) is 0 Å². The van der Waals surface area contributed by atoms with Crippen LogP contribution >= 0.6 is 0 Å². The van der Waals surface area contributed by atoms with Crippen molar-refractivity contribution < 1.29 is 44.3 Å². The first-order valence-electron chi connectivity index (χ1n) is 13.4. The lowest BCUT2D eigenvalue weighted by Gasteiger charge is -2.38. The van der Waals surface area contributed by atoms with Gasteiger partial charge in [0.1, 0.15) is 5.82 Å². The van der Waals surface area contributed by atoms with Gasteiger partial charge in [0.05, 0.1) is 29.8 Å². The summed E-state index contributed by atoms with van der Waals surface area (Å²) in [6.07, 6.45) is -0.843. The molecular weight excluding hydrogens is 549 g/mol. The zero-order valence-corrected chi connectivity index (χ0v) is 23.7. The molecule has 0 radical (unpaired) electrons. The maximum Gasteiger partial charge on any atom is 0.336 e. The predicted molar refractivity (Wildman–Crippen MR) is 150 cm³/mol. The molecule has 0 aliphatic carbocycles. The maximum absolute atomic E-state index is 13.2. The summed E-state index contributed by atoms with van der Waals surface area (Å²) < 4.78 is 15.1. The number of nitrogens with zero attached hydrogens (tertiary/aromatic N) is 3. The second-order valence-electron chi connectivity index (χ2n) is 10.7. The van der Waals surface area contributed by atoms with E-state index < -0.39 is 42.0 Å².